The Morgan fingerprint density at radius 3 is 2.54 bits per heavy atom. The van der Waals surface area contributed by atoms with Gasteiger partial charge in [0.05, 0.1) is 7.11 Å². The lowest BCUT2D eigenvalue weighted by molar-refractivity contribution is 0.400. The number of methoxy groups -OCH3 is 1. The Morgan fingerprint density at radius 1 is 1.21 bits per heavy atom. The molecule has 0 N–H and O–H groups in total. The second-order valence-corrected chi connectivity index (χ2v) is 7.56. The van der Waals surface area contributed by atoms with Gasteiger partial charge in [0, 0.05) is 13.1 Å². The van der Waals surface area contributed by atoms with Gasteiger partial charge in [-0.25, -0.2) is 14.4 Å². The zero-order valence-corrected chi connectivity index (χ0v) is 15.1. The number of pyridine rings is 1. The summed E-state index contributed by atoms with van der Waals surface area (Å²) in [7, 11) is 1.50. The van der Waals surface area contributed by atoms with Crippen molar-refractivity contribution in [2.24, 2.45) is 11.8 Å². The summed E-state index contributed by atoms with van der Waals surface area (Å²) in [5.41, 5.74) is 0.180. The van der Waals surface area contributed by atoms with E-state index in [0.717, 1.165) is 13.1 Å². The normalized spacial score (nSPS) is 23.1. The van der Waals surface area contributed by atoms with E-state index >= 15 is 0 Å². The molecule has 2 atom stereocenters. The zero-order chi connectivity index (χ0) is 16.8. The first-order valence-electron chi connectivity index (χ1n) is 8.00. The van der Waals surface area contributed by atoms with E-state index in [1.165, 1.54) is 38.1 Å². The lowest BCUT2D eigenvalue weighted by Crippen LogP contribution is -2.37. The van der Waals surface area contributed by atoms with Crippen LogP contribution in [0.4, 0.5) is 10.2 Å². The van der Waals surface area contributed by atoms with E-state index < -0.39 is 5.82 Å². The van der Waals surface area contributed by atoms with Crippen LogP contribution < -0.4 is 9.64 Å². The lowest BCUT2D eigenvalue weighted by atomic mass is 9.98. The molecule has 2 aromatic heterocycles. The number of fused-ring (bicyclic) bond motifs is 3. The topological polar surface area (TPSA) is 51.1 Å². The van der Waals surface area contributed by atoms with E-state index in [2.05, 4.69) is 19.9 Å². The fourth-order valence-electron chi connectivity index (χ4n) is 3.93. The van der Waals surface area contributed by atoms with Crippen molar-refractivity contribution in [2.75, 3.05) is 31.4 Å². The van der Waals surface area contributed by atoms with Crippen molar-refractivity contribution in [2.45, 2.75) is 24.4 Å². The average molecular weight is 369 g/mol. The van der Waals surface area contributed by atoms with Crippen LogP contribution in [0.1, 0.15) is 19.3 Å². The molecule has 0 radical (unpaired) electrons. The minimum absolute atomic E-state index is 0.180. The van der Waals surface area contributed by atoms with Gasteiger partial charge in [0.15, 0.2) is 16.1 Å². The average Bonchev–Trinajstić information content (AvgIpc) is 2.95. The number of thioether (sulfide) groups is 1. The number of hydrogen-bond acceptors (Lipinski definition) is 6. The first kappa shape index (κ1) is 16.1. The van der Waals surface area contributed by atoms with Gasteiger partial charge in [-0.1, -0.05) is 23.4 Å². The second-order valence-electron chi connectivity index (χ2n) is 6.43. The number of nitrogens with zero attached hydrogens (tertiary/aromatic N) is 4. The van der Waals surface area contributed by atoms with Gasteiger partial charge >= 0.3 is 0 Å². The summed E-state index contributed by atoms with van der Waals surface area (Å²) in [4.78, 5) is 15.3. The Kier molecular flexibility index (Phi) is 4.16. The smallest absolute Gasteiger partial charge is 0.228 e. The highest BCUT2D eigenvalue weighted by Gasteiger charge is 2.35. The maximum atomic E-state index is 14.6. The molecule has 0 amide bonds. The fourth-order valence-corrected chi connectivity index (χ4v) is 4.45. The van der Waals surface area contributed by atoms with Crippen molar-refractivity contribution in [3.8, 4) is 5.88 Å². The van der Waals surface area contributed by atoms with Gasteiger partial charge in [-0.3, -0.25) is 0 Å². The molecule has 128 valence electrons. The zero-order valence-electron chi connectivity index (χ0n) is 13.6. The van der Waals surface area contributed by atoms with Crippen LogP contribution in [0, 0.1) is 17.7 Å². The largest absolute Gasteiger partial charge is 0.480 e. The van der Waals surface area contributed by atoms with Crippen molar-refractivity contribution in [3.05, 3.63) is 11.0 Å². The maximum Gasteiger partial charge on any atom is 0.228 e. The summed E-state index contributed by atoms with van der Waals surface area (Å²) in [6.07, 6.45) is 5.68. The number of ether oxygens (including phenoxy) is 1. The molecule has 1 aliphatic heterocycles. The Morgan fingerprint density at radius 2 is 1.92 bits per heavy atom. The molecule has 2 fully saturated rings. The highest BCUT2D eigenvalue weighted by atomic mass is 35.5. The van der Waals surface area contributed by atoms with Gasteiger partial charge in [0.1, 0.15) is 16.7 Å². The van der Waals surface area contributed by atoms with Crippen LogP contribution in [0.25, 0.3) is 10.9 Å². The molecule has 2 unspecified atom stereocenters. The van der Waals surface area contributed by atoms with Crippen LogP contribution in [-0.2, 0) is 0 Å². The van der Waals surface area contributed by atoms with E-state index in [0.29, 0.717) is 28.2 Å². The van der Waals surface area contributed by atoms with Crippen LogP contribution in [0.15, 0.2) is 5.16 Å². The predicted molar refractivity (Wildman–Crippen MR) is 93.7 cm³/mol. The van der Waals surface area contributed by atoms with Crippen LogP contribution in [0.5, 0.6) is 5.88 Å². The molecule has 8 heteroatoms. The quantitative estimate of drug-likeness (QED) is 0.467. The monoisotopic (exact) mass is 368 g/mol. The van der Waals surface area contributed by atoms with E-state index in [1.807, 2.05) is 6.26 Å². The Balaban J connectivity index is 1.94. The summed E-state index contributed by atoms with van der Waals surface area (Å²) >= 11 is 7.30. The third-order valence-electron chi connectivity index (χ3n) is 4.95. The molecule has 24 heavy (non-hydrogen) atoms. The Bertz CT molecular complexity index is 793. The van der Waals surface area contributed by atoms with Gasteiger partial charge in [0.2, 0.25) is 5.88 Å². The van der Waals surface area contributed by atoms with Gasteiger partial charge in [-0.2, -0.15) is 4.98 Å². The SMILES string of the molecule is COc1nc(Cl)c(F)c2nc(SC)nc(N3CC4CCC(C4)C3)c12. The van der Waals surface area contributed by atoms with Gasteiger partial charge in [-0.05, 0) is 37.4 Å². The van der Waals surface area contributed by atoms with Crippen molar-refractivity contribution in [3.63, 3.8) is 0 Å². The third kappa shape index (κ3) is 2.58. The first-order valence-corrected chi connectivity index (χ1v) is 9.60. The molecule has 1 saturated carbocycles. The van der Waals surface area contributed by atoms with Crippen LogP contribution in [0.3, 0.4) is 0 Å². The Hall–Kier alpha value is -1.34. The van der Waals surface area contributed by atoms with Gasteiger partial charge in [-0.15, -0.1) is 0 Å². The van der Waals surface area contributed by atoms with Crippen molar-refractivity contribution in [1.29, 1.82) is 0 Å². The van der Waals surface area contributed by atoms with E-state index in [4.69, 9.17) is 16.3 Å². The third-order valence-corrected chi connectivity index (χ3v) is 5.75. The number of piperidine rings is 1. The van der Waals surface area contributed by atoms with Gasteiger partial charge in [0.25, 0.3) is 0 Å². The molecule has 4 rings (SSSR count). The lowest BCUT2D eigenvalue weighted by Gasteiger charge is -2.33. The minimum Gasteiger partial charge on any atom is -0.480 e. The standard InChI is InChI=1S/C16H18ClFN4OS/c1-23-15-10-12(11(18)13(17)20-15)19-16(24-2)21-14(10)22-6-8-3-4-9(5-8)7-22/h8-9H,3-7H2,1-2H3. The van der Waals surface area contributed by atoms with Gasteiger partial charge < -0.3 is 9.64 Å². The molecule has 2 aromatic rings. The van der Waals surface area contributed by atoms with Crippen LogP contribution in [0.2, 0.25) is 5.15 Å². The number of rotatable bonds is 3. The van der Waals surface area contributed by atoms with E-state index in [9.17, 15) is 4.39 Å². The summed E-state index contributed by atoms with van der Waals surface area (Å²) in [5, 5.41) is 0.812. The van der Waals surface area contributed by atoms with Crippen molar-refractivity contribution >= 4 is 40.1 Å². The van der Waals surface area contributed by atoms with Crippen molar-refractivity contribution in [1.82, 2.24) is 15.0 Å². The van der Waals surface area contributed by atoms with Crippen molar-refractivity contribution < 1.29 is 9.13 Å². The molecule has 3 heterocycles. The molecular weight excluding hydrogens is 351 g/mol. The molecule has 1 aliphatic carbocycles. The summed E-state index contributed by atoms with van der Waals surface area (Å²) in [5.74, 6) is 1.73. The molecule has 2 aliphatic rings. The summed E-state index contributed by atoms with van der Waals surface area (Å²) < 4.78 is 19.9. The summed E-state index contributed by atoms with van der Waals surface area (Å²) in [6, 6.07) is 0. The second kappa shape index (κ2) is 6.19. The highest BCUT2D eigenvalue weighted by molar-refractivity contribution is 7.98. The molecule has 0 aromatic carbocycles. The number of hydrogen-bond donors (Lipinski definition) is 0. The highest BCUT2D eigenvalue weighted by Crippen LogP contribution is 2.42. The molecular formula is C16H18ClFN4OS. The predicted octanol–water partition coefficient (Wildman–Crippen LogP) is 3.78. The summed E-state index contributed by atoms with van der Waals surface area (Å²) in [6.45, 7) is 1.87. The van der Waals surface area contributed by atoms with E-state index in [1.54, 1.807) is 0 Å². The maximum absolute atomic E-state index is 14.6. The molecule has 0 spiro atoms. The minimum atomic E-state index is -0.619. The molecule has 5 nitrogen and oxygen atoms in total. The van der Waals surface area contributed by atoms with Crippen LogP contribution >= 0.6 is 23.4 Å². The van der Waals surface area contributed by atoms with Crippen LogP contribution in [-0.4, -0.2) is 41.4 Å². The molecule has 1 saturated heterocycles. The van der Waals surface area contributed by atoms with E-state index in [-0.39, 0.29) is 16.5 Å². The number of anilines is 1. The Labute approximate surface area is 149 Å². The molecule has 2 bridgehead atoms. The number of halogens is 2. The fraction of sp³-hybridized carbons (Fsp3) is 0.562. The number of aromatic nitrogens is 3. The first-order chi connectivity index (χ1) is 11.6.